The molecule has 1 aromatic rings. The first-order valence-electron chi connectivity index (χ1n) is 9.02. The number of halogens is 1. The van der Waals surface area contributed by atoms with Crippen molar-refractivity contribution in [1.29, 1.82) is 5.41 Å². The van der Waals surface area contributed by atoms with Crippen LogP contribution in [0.4, 0.5) is 4.39 Å². The molecule has 1 aromatic carbocycles. The predicted molar refractivity (Wildman–Crippen MR) is 103 cm³/mol. The van der Waals surface area contributed by atoms with Gasteiger partial charge in [-0.15, -0.1) is 0 Å². The smallest absolute Gasteiger partial charge is 0.243 e. The second kappa shape index (κ2) is 8.79. The molecule has 1 heterocycles. The monoisotopic (exact) mass is 374 g/mol. The standard InChI is InChI=1S/C20H27FN4O2/c1-12(2)14-4-6-15(7-5-14)19(17(23)8-9-22)24-20(27)18-10-16(21)11-25(18)13(3)26/h4-9,12,16,18-19,22H,10-11,23H2,1-3H3,(H,24,27)/b17-8-,22-9?/t16-,18+,19-/m1/s1. The summed E-state index contributed by atoms with van der Waals surface area (Å²) in [6, 6.07) is 6.16. The zero-order valence-electron chi connectivity index (χ0n) is 15.9. The average Bonchev–Trinajstić information content (AvgIpc) is 3.02. The zero-order chi connectivity index (χ0) is 20.1. The number of alkyl halides is 1. The maximum Gasteiger partial charge on any atom is 0.243 e. The van der Waals surface area contributed by atoms with Crippen molar-refractivity contribution in [2.45, 2.75) is 51.4 Å². The molecule has 1 fully saturated rings. The third-order valence-corrected chi connectivity index (χ3v) is 4.79. The number of rotatable bonds is 6. The molecule has 0 saturated carbocycles. The van der Waals surface area contributed by atoms with Crippen LogP contribution >= 0.6 is 0 Å². The van der Waals surface area contributed by atoms with Gasteiger partial charge in [-0.25, -0.2) is 4.39 Å². The van der Waals surface area contributed by atoms with Crippen LogP contribution in [0.2, 0.25) is 0 Å². The Kier molecular flexibility index (Phi) is 6.71. The van der Waals surface area contributed by atoms with Crippen molar-refractivity contribution in [3.05, 3.63) is 47.2 Å². The Morgan fingerprint density at radius 1 is 1.30 bits per heavy atom. The zero-order valence-corrected chi connectivity index (χ0v) is 15.9. The van der Waals surface area contributed by atoms with Gasteiger partial charge in [0.05, 0.1) is 12.6 Å². The Labute approximate surface area is 159 Å². The van der Waals surface area contributed by atoms with E-state index in [0.29, 0.717) is 11.6 Å². The van der Waals surface area contributed by atoms with Crippen molar-refractivity contribution in [1.82, 2.24) is 10.2 Å². The molecule has 2 amide bonds. The molecule has 0 aliphatic carbocycles. The van der Waals surface area contributed by atoms with Gasteiger partial charge in [0.15, 0.2) is 0 Å². The molecule has 0 aromatic heterocycles. The maximum absolute atomic E-state index is 13.8. The lowest BCUT2D eigenvalue weighted by Gasteiger charge is -2.26. The number of nitrogens with one attached hydrogen (secondary N) is 2. The van der Waals surface area contributed by atoms with Gasteiger partial charge in [0.25, 0.3) is 0 Å². The minimum absolute atomic E-state index is 0.0292. The van der Waals surface area contributed by atoms with E-state index >= 15 is 0 Å². The highest BCUT2D eigenvalue weighted by Gasteiger charge is 2.39. The van der Waals surface area contributed by atoms with Gasteiger partial charge in [0.2, 0.25) is 11.8 Å². The molecule has 6 nitrogen and oxygen atoms in total. The van der Waals surface area contributed by atoms with Crippen LogP contribution in [0.3, 0.4) is 0 Å². The summed E-state index contributed by atoms with van der Waals surface area (Å²) in [4.78, 5) is 25.7. The molecule has 1 saturated heterocycles. The van der Waals surface area contributed by atoms with Gasteiger partial charge in [-0.1, -0.05) is 38.1 Å². The van der Waals surface area contributed by atoms with E-state index < -0.39 is 24.2 Å². The number of likely N-dealkylation sites (tertiary alicyclic amines) is 1. The van der Waals surface area contributed by atoms with Crippen molar-refractivity contribution in [2.75, 3.05) is 6.54 Å². The molecule has 2 rings (SSSR count). The van der Waals surface area contributed by atoms with Crippen LogP contribution in [0.1, 0.15) is 50.3 Å². The van der Waals surface area contributed by atoms with Crippen LogP contribution in [0, 0.1) is 5.41 Å². The van der Waals surface area contributed by atoms with Gasteiger partial charge in [0.1, 0.15) is 12.2 Å². The van der Waals surface area contributed by atoms with E-state index in [1.165, 1.54) is 17.9 Å². The summed E-state index contributed by atoms with van der Waals surface area (Å²) in [5.74, 6) is -0.425. The van der Waals surface area contributed by atoms with Crippen LogP contribution in [0.25, 0.3) is 0 Å². The van der Waals surface area contributed by atoms with Gasteiger partial charge in [-0.05, 0) is 23.1 Å². The summed E-state index contributed by atoms with van der Waals surface area (Å²) >= 11 is 0. The fourth-order valence-corrected chi connectivity index (χ4v) is 3.24. The van der Waals surface area contributed by atoms with Crippen LogP contribution < -0.4 is 11.1 Å². The first kappa shape index (κ1) is 20.6. The average molecular weight is 374 g/mol. The van der Waals surface area contributed by atoms with Gasteiger partial charge < -0.3 is 21.4 Å². The van der Waals surface area contributed by atoms with E-state index in [9.17, 15) is 14.0 Å². The number of benzene rings is 1. The fourth-order valence-electron chi connectivity index (χ4n) is 3.24. The number of nitrogens with two attached hydrogens (primary N) is 1. The Bertz CT molecular complexity index is 730. The number of hydrogen-bond acceptors (Lipinski definition) is 4. The van der Waals surface area contributed by atoms with Crippen LogP contribution in [0.5, 0.6) is 0 Å². The Balaban J connectivity index is 2.27. The molecular formula is C20H27FN4O2. The molecule has 1 aliphatic rings. The molecule has 0 spiro atoms. The quantitative estimate of drug-likeness (QED) is 0.667. The lowest BCUT2D eigenvalue weighted by Crippen LogP contribution is -2.47. The molecular weight excluding hydrogens is 347 g/mol. The summed E-state index contributed by atoms with van der Waals surface area (Å²) in [5, 5.41) is 10.1. The van der Waals surface area contributed by atoms with E-state index in [0.717, 1.165) is 17.3 Å². The summed E-state index contributed by atoms with van der Waals surface area (Å²) in [7, 11) is 0. The summed E-state index contributed by atoms with van der Waals surface area (Å²) < 4.78 is 13.8. The molecule has 7 heteroatoms. The number of amides is 2. The third kappa shape index (κ3) is 4.93. The number of allylic oxidation sites excluding steroid dienone is 1. The van der Waals surface area contributed by atoms with Gasteiger partial charge >= 0.3 is 0 Å². The second-order valence-corrected chi connectivity index (χ2v) is 7.12. The number of nitrogens with zero attached hydrogens (tertiary/aromatic N) is 1. The first-order chi connectivity index (χ1) is 12.7. The summed E-state index contributed by atoms with van der Waals surface area (Å²) in [5.41, 5.74) is 8.27. The molecule has 4 N–H and O–H groups in total. The van der Waals surface area contributed by atoms with E-state index in [4.69, 9.17) is 11.1 Å². The van der Waals surface area contributed by atoms with Gasteiger partial charge in [0, 0.05) is 25.3 Å². The van der Waals surface area contributed by atoms with Crippen LogP contribution in [-0.2, 0) is 9.59 Å². The minimum Gasteiger partial charge on any atom is -0.400 e. The second-order valence-electron chi connectivity index (χ2n) is 7.12. The fraction of sp³-hybridized carbons (Fsp3) is 0.450. The SMILES string of the molecule is CC(=O)N1C[C@H](F)C[C@H]1C(=O)N[C@@H](/C(N)=C/C=N)c1ccc(C(C)C)cc1. The van der Waals surface area contributed by atoms with Crippen molar-refractivity contribution in [2.24, 2.45) is 5.73 Å². The van der Waals surface area contributed by atoms with E-state index in [1.54, 1.807) is 0 Å². The van der Waals surface area contributed by atoms with Crippen molar-refractivity contribution >= 4 is 18.0 Å². The minimum atomic E-state index is -1.22. The highest BCUT2D eigenvalue weighted by molar-refractivity contribution is 5.88. The molecule has 0 radical (unpaired) electrons. The topological polar surface area (TPSA) is 99.3 Å². The largest absolute Gasteiger partial charge is 0.400 e. The molecule has 0 unspecified atom stereocenters. The van der Waals surface area contributed by atoms with Crippen molar-refractivity contribution in [3.8, 4) is 0 Å². The Hall–Kier alpha value is -2.70. The first-order valence-corrected chi connectivity index (χ1v) is 9.02. The van der Waals surface area contributed by atoms with E-state index in [2.05, 4.69) is 19.2 Å². The van der Waals surface area contributed by atoms with Crippen molar-refractivity contribution in [3.63, 3.8) is 0 Å². The van der Waals surface area contributed by atoms with Gasteiger partial charge in [-0.3, -0.25) is 9.59 Å². The highest BCUT2D eigenvalue weighted by Crippen LogP contribution is 2.25. The molecule has 27 heavy (non-hydrogen) atoms. The number of carbonyl (C=O) groups excluding carboxylic acids is 2. The molecule has 0 bridgehead atoms. The molecule has 146 valence electrons. The third-order valence-electron chi connectivity index (χ3n) is 4.79. The maximum atomic E-state index is 13.8. The van der Waals surface area contributed by atoms with Crippen LogP contribution in [0.15, 0.2) is 36.0 Å². The van der Waals surface area contributed by atoms with Crippen molar-refractivity contribution < 1.29 is 14.0 Å². The Morgan fingerprint density at radius 3 is 2.41 bits per heavy atom. The summed E-state index contributed by atoms with van der Waals surface area (Å²) in [6.45, 7) is 5.42. The van der Waals surface area contributed by atoms with E-state index in [1.807, 2.05) is 24.3 Å². The lowest BCUT2D eigenvalue weighted by molar-refractivity contribution is -0.137. The number of hydrogen-bond donors (Lipinski definition) is 3. The van der Waals surface area contributed by atoms with E-state index in [-0.39, 0.29) is 18.9 Å². The predicted octanol–water partition coefficient (Wildman–Crippen LogP) is 2.42. The molecule has 1 aliphatic heterocycles. The highest BCUT2D eigenvalue weighted by atomic mass is 19.1. The van der Waals surface area contributed by atoms with Gasteiger partial charge in [-0.2, -0.15) is 0 Å². The number of carbonyl (C=O) groups is 2. The lowest BCUT2D eigenvalue weighted by atomic mass is 9.97. The molecule has 3 atom stereocenters. The Morgan fingerprint density at radius 2 is 1.89 bits per heavy atom. The summed E-state index contributed by atoms with van der Waals surface area (Å²) in [6.07, 6.45) is 1.20. The normalized spacial score (nSPS) is 21.2. The van der Waals surface area contributed by atoms with Crippen LogP contribution in [-0.4, -0.2) is 41.7 Å².